The molecule has 1 amide bonds. The van der Waals surface area contributed by atoms with E-state index in [-0.39, 0.29) is 11.6 Å². The predicted octanol–water partition coefficient (Wildman–Crippen LogP) is 3.80. The van der Waals surface area contributed by atoms with Crippen molar-refractivity contribution in [2.75, 3.05) is 19.5 Å². The highest BCUT2D eigenvalue weighted by molar-refractivity contribution is 6.32. The van der Waals surface area contributed by atoms with E-state index in [1.807, 2.05) is 30.3 Å². The number of methoxy groups -OCH3 is 2. The summed E-state index contributed by atoms with van der Waals surface area (Å²) < 4.78 is 12.1. The van der Waals surface area contributed by atoms with Crippen molar-refractivity contribution in [3.8, 4) is 17.2 Å². The molecule has 0 atom stereocenters. The third-order valence-corrected chi connectivity index (χ3v) is 3.86. The number of carbonyl (C=O) groups is 1. The summed E-state index contributed by atoms with van der Waals surface area (Å²) in [5, 5.41) is 7.46. The van der Waals surface area contributed by atoms with Gasteiger partial charge in [0, 0.05) is 18.3 Å². The number of ether oxygens (including phenoxy) is 2. The van der Waals surface area contributed by atoms with Crippen LogP contribution >= 0.6 is 11.6 Å². The first kappa shape index (κ1) is 16.9. The second kappa shape index (κ2) is 7.27. The SMILES string of the molecule is COc1cc(NC(=O)c2ccn(-c3ccccc3)n2)c(OC)cc1Cl. The van der Waals surface area contributed by atoms with Gasteiger partial charge in [0.15, 0.2) is 5.69 Å². The number of nitrogens with one attached hydrogen (secondary N) is 1. The second-order valence-electron chi connectivity index (χ2n) is 5.12. The molecular weight excluding hydrogens is 342 g/mol. The van der Waals surface area contributed by atoms with Gasteiger partial charge in [0.1, 0.15) is 11.5 Å². The van der Waals surface area contributed by atoms with Gasteiger partial charge in [-0.15, -0.1) is 0 Å². The van der Waals surface area contributed by atoms with Gasteiger partial charge in [-0.1, -0.05) is 29.8 Å². The lowest BCUT2D eigenvalue weighted by molar-refractivity contribution is 0.102. The number of anilines is 1. The third kappa shape index (κ3) is 3.59. The molecule has 0 unspecified atom stereocenters. The van der Waals surface area contributed by atoms with Gasteiger partial charge in [-0.05, 0) is 18.2 Å². The summed E-state index contributed by atoms with van der Waals surface area (Å²) in [6.45, 7) is 0. The molecule has 1 N–H and O–H groups in total. The molecule has 0 aliphatic carbocycles. The first-order valence-corrected chi connectivity index (χ1v) is 7.84. The number of hydrogen-bond donors (Lipinski definition) is 1. The molecule has 128 valence electrons. The molecule has 0 aliphatic heterocycles. The number of para-hydroxylation sites is 1. The molecule has 6 nitrogen and oxygen atoms in total. The Morgan fingerprint density at radius 1 is 1.08 bits per heavy atom. The predicted molar refractivity (Wildman–Crippen MR) is 96.1 cm³/mol. The molecule has 7 heteroatoms. The summed E-state index contributed by atoms with van der Waals surface area (Å²) in [6, 6.07) is 14.4. The standard InChI is InChI=1S/C18H16ClN3O3/c1-24-16-11-15(17(25-2)10-13(16)19)20-18(23)14-8-9-22(21-14)12-6-4-3-5-7-12/h3-11H,1-2H3,(H,20,23). The Balaban J connectivity index is 1.85. The topological polar surface area (TPSA) is 65.4 Å². The van der Waals surface area contributed by atoms with E-state index >= 15 is 0 Å². The molecule has 0 saturated carbocycles. The quantitative estimate of drug-likeness (QED) is 0.754. The number of rotatable bonds is 5. The maximum absolute atomic E-state index is 12.5. The van der Waals surface area contributed by atoms with Gasteiger partial charge < -0.3 is 14.8 Å². The maximum Gasteiger partial charge on any atom is 0.276 e. The third-order valence-electron chi connectivity index (χ3n) is 3.56. The fourth-order valence-corrected chi connectivity index (χ4v) is 2.54. The van der Waals surface area contributed by atoms with Gasteiger partial charge in [-0.2, -0.15) is 5.10 Å². The van der Waals surface area contributed by atoms with Crippen LogP contribution in [0.4, 0.5) is 5.69 Å². The number of amides is 1. The van der Waals surface area contributed by atoms with Gasteiger partial charge in [0.2, 0.25) is 0 Å². The largest absolute Gasteiger partial charge is 0.495 e. The Bertz CT molecular complexity index is 894. The normalized spacial score (nSPS) is 10.4. The molecule has 0 radical (unpaired) electrons. The summed E-state index contributed by atoms with van der Waals surface area (Å²) in [4.78, 5) is 12.5. The fraction of sp³-hybridized carbons (Fsp3) is 0.111. The zero-order valence-electron chi connectivity index (χ0n) is 13.7. The van der Waals surface area contributed by atoms with Crippen LogP contribution in [0.25, 0.3) is 5.69 Å². The molecule has 0 fully saturated rings. The van der Waals surface area contributed by atoms with Gasteiger partial charge in [0.25, 0.3) is 5.91 Å². The number of benzene rings is 2. The average Bonchev–Trinajstić information content (AvgIpc) is 3.13. The Labute approximate surface area is 149 Å². The Morgan fingerprint density at radius 2 is 1.80 bits per heavy atom. The van der Waals surface area contributed by atoms with Crippen molar-refractivity contribution < 1.29 is 14.3 Å². The van der Waals surface area contributed by atoms with Crippen molar-refractivity contribution in [3.05, 3.63) is 65.4 Å². The summed E-state index contributed by atoms with van der Waals surface area (Å²) in [6.07, 6.45) is 1.73. The average molecular weight is 358 g/mol. The molecule has 1 aromatic heterocycles. The summed E-state index contributed by atoms with van der Waals surface area (Å²) >= 11 is 6.07. The van der Waals surface area contributed by atoms with Crippen LogP contribution in [0.5, 0.6) is 11.5 Å². The fourth-order valence-electron chi connectivity index (χ4n) is 2.31. The zero-order valence-corrected chi connectivity index (χ0v) is 14.4. The molecule has 0 aliphatic rings. The molecule has 3 rings (SSSR count). The van der Waals surface area contributed by atoms with Crippen LogP contribution in [-0.4, -0.2) is 29.9 Å². The Morgan fingerprint density at radius 3 is 2.48 bits per heavy atom. The molecule has 3 aromatic rings. The van der Waals surface area contributed by atoms with Crippen molar-refractivity contribution in [2.45, 2.75) is 0 Å². The van der Waals surface area contributed by atoms with Crippen molar-refractivity contribution in [2.24, 2.45) is 0 Å². The molecule has 0 spiro atoms. The number of carbonyl (C=O) groups excluding carboxylic acids is 1. The lowest BCUT2D eigenvalue weighted by atomic mass is 10.2. The smallest absolute Gasteiger partial charge is 0.276 e. The van der Waals surface area contributed by atoms with E-state index in [1.165, 1.54) is 14.2 Å². The van der Waals surface area contributed by atoms with Crippen molar-refractivity contribution >= 4 is 23.2 Å². The number of aromatic nitrogens is 2. The van der Waals surface area contributed by atoms with Gasteiger partial charge in [0.05, 0.1) is 30.6 Å². The summed E-state index contributed by atoms with van der Waals surface area (Å²) in [5.41, 5.74) is 1.59. The van der Waals surface area contributed by atoms with E-state index in [9.17, 15) is 4.79 Å². The first-order valence-electron chi connectivity index (χ1n) is 7.46. The minimum atomic E-state index is -0.364. The van der Waals surface area contributed by atoms with E-state index in [4.69, 9.17) is 21.1 Å². The monoisotopic (exact) mass is 357 g/mol. The summed E-state index contributed by atoms with van der Waals surface area (Å²) in [5.74, 6) is 0.506. The minimum absolute atomic E-state index is 0.278. The first-order chi connectivity index (χ1) is 12.1. The highest BCUT2D eigenvalue weighted by Crippen LogP contribution is 2.36. The molecular formula is C18H16ClN3O3. The Kier molecular flexibility index (Phi) is 4.90. The lowest BCUT2D eigenvalue weighted by Gasteiger charge is -2.12. The minimum Gasteiger partial charge on any atom is -0.495 e. The molecule has 0 saturated heterocycles. The highest BCUT2D eigenvalue weighted by Gasteiger charge is 2.15. The van der Waals surface area contributed by atoms with E-state index in [2.05, 4.69) is 10.4 Å². The molecule has 25 heavy (non-hydrogen) atoms. The van der Waals surface area contributed by atoms with Gasteiger partial charge in [-0.3, -0.25) is 4.79 Å². The van der Waals surface area contributed by atoms with Crippen LogP contribution in [0.1, 0.15) is 10.5 Å². The van der Waals surface area contributed by atoms with E-state index in [0.717, 1.165) is 5.69 Å². The van der Waals surface area contributed by atoms with Crippen molar-refractivity contribution in [1.82, 2.24) is 9.78 Å². The molecule has 0 bridgehead atoms. The summed E-state index contributed by atoms with van der Waals surface area (Å²) in [7, 11) is 3.00. The van der Waals surface area contributed by atoms with E-state index in [0.29, 0.717) is 22.2 Å². The molecule has 1 heterocycles. The van der Waals surface area contributed by atoms with Gasteiger partial charge in [-0.25, -0.2) is 4.68 Å². The van der Waals surface area contributed by atoms with E-state index < -0.39 is 0 Å². The lowest BCUT2D eigenvalue weighted by Crippen LogP contribution is -2.14. The van der Waals surface area contributed by atoms with Crippen molar-refractivity contribution in [1.29, 1.82) is 0 Å². The van der Waals surface area contributed by atoms with Gasteiger partial charge >= 0.3 is 0 Å². The second-order valence-corrected chi connectivity index (χ2v) is 5.53. The number of hydrogen-bond acceptors (Lipinski definition) is 4. The number of nitrogens with zero attached hydrogens (tertiary/aromatic N) is 2. The zero-order chi connectivity index (χ0) is 17.8. The van der Waals surface area contributed by atoms with Crippen LogP contribution in [0, 0.1) is 0 Å². The van der Waals surface area contributed by atoms with Crippen LogP contribution in [0.15, 0.2) is 54.7 Å². The number of halogens is 1. The molecule has 2 aromatic carbocycles. The van der Waals surface area contributed by atoms with Crippen LogP contribution in [0.3, 0.4) is 0 Å². The van der Waals surface area contributed by atoms with Crippen LogP contribution in [0.2, 0.25) is 5.02 Å². The Hall–Kier alpha value is -2.99. The van der Waals surface area contributed by atoms with E-state index in [1.54, 1.807) is 29.1 Å². The highest BCUT2D eigenvalue weighted by atomic mass is 35.5. The van der Waals surface area contributed by atoms with Crippen LogP contribution < -0.4 is 14.8 Å². The van der Waals surface area contributed by atoms with Crippen LogP contribution in [-0.2, 0) is 0 Å². The maximum atomic E-state index is 12.5. The van der Waals surface area contributed by atoms with Crippen molar-refractivity contribution in [3.63, 3.8) is 0 Å².